The van der Waals surface area contributed by atoms with Gasteiger partial charge in [-0.05, 0) is 24.3 Å². The molecule has 0 aliphatic heterocycles. The van der Waals surface area contributed by atoms with Crippen LogP contribution in [0.3, 0.4) is 0 Å². The van der Waals surface area contributed by atoms with E-state index in [1.54, 1.807) is 18.2 Å². The van der Waals surface area contributed by atoms with E-state index in [0.717, 1.165) is 0 Å². The highest BCUT2D eigenvalue weighted by molar-refractivity contribution is 5.88. The normalized spacial score (nSPS) is 9.12. The van der Waals surface area contributed by atoms with Crippen molar-refractivity contribution in [2.45, 2.75) is 0 Å². The van der Waals surface area contributed by atoms with E-state index in [-0.39, 0.29) is 24.6 Å². The average Bonchev–Trinajstić information content (AvgIpc) is 2.34. The molecule has 6 heteroatoms. The molecule has 17 heavy (non-hydrogen) atoms. The Labute approximate surface area is 97.9 Å². The van der Waals surface area contributed by atoms with Gasteiger partial charge in [0.25, 0.3) is 0 Å². The summed E-state index contributed by atoms with van der Waals surface area (Å²) in [4.78, 5) is 21.7. The molecule has 0 unspecified atom stereocenters. The van der Waals surface area contributed by atoms with Gasteiger partial charge in [0.15, 0.2) is 0 Å². The number of carboxylic acid groups (broad SMARTS) is 1. The summed E-state index contributed by atoms with van der Waals surface area (Å²) in [7, 11) is 0. The van der Waals surface area contributed by atoms with Crippen molar-refractivity contribution in [1.29, 1.82) is 5.26 Å². The lowest BCUT2D eigenvalue weighted by atomic mass is 10.2. The zero-order chi connectivity index (χ0) is 12.7. The van der Waals surface area contributed by atoms with E-state index >= 15 is 0 Å². The van der Waals surface area contributed by atoms with Crippen molar-refractivity contribution < 1.29 is 14.7 Å². The molecule has 0 aliphatic rings. The van der Waals surface area contributed by atoms with Crippen LogP contribution in [0.5, 0.6) is 0 Å². The number of aromatic carboxylic acids is 1. The zero-order valence-electron chi connectivity index (χ0n) is 8.93. The molecule has 0 saturated heterocycles. The van der Waals surface area contributed by atoms with Crippen LogP contribution in [0, 0.1) is 11.3 Å². The maximum atomic E-state index is 11.1. The third-order valence-corrected chi connectivity index (χ3v) is 1.95. The van der Waals surface area contributed by atoms with Crippen molar-refractivity contribution in [3.8, 4) is 6.07 Å². The fourth-order valence-corrected chi connectivity index (χ4v) is 1.11. The van der Waals surface area contributed by atoms with Gasteiger partial charge in [0.1, 0.15) is 6.54 Å². The lowest BCUT2D eigenvalue weighted by molar-refractivity contribution is -0.119. The van der Waals surface area contributed by atoms with Gasteiger partial charge in [-0.2, -0.15) is 5.26 Å². The molecule has 0 aliphatic carbocycles. The van der Waals surface area contributed by atoms with Crippen molar-refractivity contribution in [2.24, 2.45) is 0 Å². The molecule has 0 atom stereocenters. The number of carbonyl (C=O) groups excluding carboxylic acids is 1. The molecule has 6 nitrogen and oxygen atoms in total. The second-order valence-corrected chi connectivity index (χ2v) is 3.17. The molecule has 3 N–H and O–H groups in total. The van der Waals surface area contributed by atoms with E-state index in [2.05, 4.69) is 10.6 Å². The first-order valence-corrected chi connectivity index (χ1v) is 4.84. The number of hydrogen-bond acceptors (Lipinski definition) is 4. The summed E-state index contributed by atoms with van der Waals surface area (Å²) >= 11 is 0. The van der Waals surface area contributed by atoms with Crippen LogP contribution < -0.4 is 10.6 Å². The molecule has 1 aromatic carbocycles. The summed E-state index contributed by atoms with van der Waals surface area (Å²) in [6.45, 7) is 0.00651. The van der Waals surface area contributed by atoms with E-state index in [9.17, 15) is 9.59 Å². The Morgan fingerprint density at radius 3 is 2.47 bits per heavy atom. The molecule has 0 fully saturated rings. The Morgan fingerprint density at radius 2 is 1.94 bits per heavy atom. The Kier molecular flexibility index (Phi) is 4.51. The maximum absolute atomic E-state index is 11.1. The van der Waals surface area contributed by atoms with Crippen LogP contribution in [0.15, 0.2) is 24.3 Å². The number of nitriles is 1. The quantitative estimate of drug-likeness (QED) is 0.640. The van der Waals surface area contributed by atoms with Gasteiger partial charge in [-0.3, -0.25) is 4.79 Å². The van der Waals surface area contributed by atoms with Gasteiger partial charge in [0.2, 0.25) is 5.91 Å². The minimum Gasteiger partial charge on any atom is -0.478 e. The monoisotopic (exact) mass is 233 g/mol. The third kappa shape index (κ3) is 4.22. The summed E-state index contributed by atoms with van der Waals surface area (Å²) < 4.78 is 0. The number of benzene rings is 1. The van der Waals surface area contributed by atoms with E-state index < -0.39 is 5.97 Å². The number of nitrogens with one attached hydrogen (secondary N) is 2. The molecule has 1 amide bonds. The molecule has 0 spiro atoms. The number of carbonyl (C=O) groups is 2. The molecule has 0 aromatic heterocycles. The van der Waals surface area contributed by atoms with Crippen molar-refractivity contribution in [1.82, 2.24) is 5.32 Å². The summed E-state index contributed by atoms with van der Waals surface area (Å²) in [6, 6.07) is 7.82. The number of carboxylic acids is 1. The summed E-state index contributed by atoms with van der Waals surface area (Å²) in [5.41, 5.74) is 0.826. The van der Waals surface area contributed by atoms with Gasteiger partial charge in [-0.15, -0.1) is 0 Å². The van der Waals surface area contributed by atoms with E-state index in [4.69, 9.17) is 10.4 Å². The highest BCUT2D eigenvalue weighted by Gasteiger charge is 2.03. The smallest absolute Gasteiger partial charge is 0.335 e. The Bertz CT molecular complexity index is 448. The predicted molar refractivity (Wildman–Crippen MR) is 60.5 cm³/mol. The minimum atomic E-state index is -0.997. The first kappa shape index (κ1) is 12.5. The van der Waals surface area contributed by atoms with Crippen molar-refractivity contribution in [3.05, 3.63) is 29.8 Å². The van der Waals surface area contributed by atoms with Crippen LogP contribution in [-0.2, 0) is 4.79 Å². The van der Waals surface area contributed by atoms with E-state index in [1.807, 2.05) is 0 Å². The largest absolute Gasteiger partial charge is 0.478 e. The van der Waals surface area contributed by atoms with Crippen molar-refractivity contribution in [2.75, 3.05) is 18.4 Å². The van der Waals surface area contributed by atoms with Crippen molar-refractivity contribution in [3.63, 3.8) is 0 Å². The van der Waals surface area contributed by atoms with Gasteiger partial charge in [-0.1, -0.05) is 0 Å². The number of rotatable bonds is 5. The topological polar surface area (TPSA) is 102 Å². The molecule has 0 heterocycles. The molecular formula is C11H11N3O3. The predicted octanol–water partition coefficient (Wildman–Crippen LogP) is 0.436. The van der Waals surface area contributed by atoms with E-state index in [0.29, 0.717) is 5.69 Å². The summed E-state index contributed by atoms with van der Waals surface area (Å²) in [5.74, 6) is -1.29. The standard InChI is InChI=1S/C11H11N3O3/c12-5-6-13-10(15)7-14-9-3-1-8(2-4-9)11(16)17/h1-4,14H,6-7H2,(H,13,15)(H,16,17). The van der Waals surface area contributed by atoms with E-state index in [1.165, 1.54) is 12.1 Å². The number of nitrogens with zero attached hydrogens (tertiary/aromatic N) is 1. The molecular weight excluding hydrogens is 222 g/mol. The highest BCUT2D eigenvalue weighted by atomic mass is 16.4. The number of amides is 1. The van der Waals surface area contributed by atoms with Crippen LogP contribution in [0.25, 0.3) is 0 Å². The van der Waals surface area contributed by atoms with Crippen LogP contribution in [0.4, 0.5) is 5.69 Å². The Morgan fingerprint density at radius 1 is 1.29 bits per heavy atom. The fraction of sp³-hybridized carbons (Fsp3) is 0.182. The molecule has 0 radical (unpaired) electrons. The molecule has 88 valence electrons. The van der Waals surface area contributed by atoms with Gasteiger partial charge in [-0.25, -0.2) is 4.79 Å². The lowest BCUT2D eigenvalue weighted by Crippen LogP contribution is -2.29. The van der Waals surface area contributed by atoms with Gasteiger partial charge in [0.05, 0.1) is 18.2 Å². The maximum Gasteiger partial charge on any atom is 0.335 e. The third-order valence-electron chi connectivity index (χ3n) is 1.95. The van der Waals surface area contributed by atoms with Crippen molar-refractivity contribution >= 4 is 17.6 Å². The second-order valence-electron chi connectivity index (χ2n) is 3.17. The second kappa shape index (κ2) is 6.12. The molecule has 0 bridgehead atoms. The van der Waals surface area contributed by atoms with Gasteiger partial charge in [0, 0.05) is 5.69 Å². The van der Waals surface area contributed by atoms with Crippen LogP contribution in [0.1, 0.15) is 10.4 Å². The lowest BCUT2D eigenvalue weighted by Gasteiger charge is -2.05. The van der Waals surface area contributed by atoms with Gasteiger partial charge >= 0.3 is 5.97 Å². The van der Waals surface area contributed by atoms with Crippen LogP contribution in [0.2, 0.25) is 0 Å². The first-order chi connectivity index (χ1) is 8.13. The van der Waals surface area contributed by atoms with Gasteiger partial charge < -0.3 is 15.7 Å². The summed E-state index contributed by atoms with van der Waals surface area (Å²) in [6.07, 6.45) is 0. The minimum absolute atomic E-state index is 0.0293. The Hall–Kier alpha value is -2.55. The number of hydrogen-bond donors (Lipinski definition) is 3. The summed E-state index contributed by atoms with van der Waals surface area (Å²) in [5, 5.41) is 22.1. The SMILES string of the molecule is N#CCNC(=O)CNc1ccc(C(=O)O)cc1. The average molecular weight is 233 g/mol. The molecule has 0 saturated carbocycles. The Balaban J connectivity index is 2.45. The zero-order valence-corrected chi connectivity index (χ0v) is 8.93. The molecule has 1 rings (SSSR count). The molecule has 1 aromatic rings. The number of anilines is 1. The highest BCUT2D eigenvalue weighted by Crippen LogP contribution is 2.08. The van der Waals surface area contributed by atoms with Crippen LogP contribution in [-0.4, -0.2) is 30.1 Å². The van der Waals surface area contributed by atoms with Crippen LogP contribution >= 0.6 is 0 Å². The first-order valence-electron chi connectivity index (χ1n) is 4.84. The fourth-order valence-electron chi connectivity index (χ4n) is 1.11.